The van der Waals surface area contributed by atoms with Gasteiger partial charge in [0.2, 0.25) is 0 Å². The number of nitrogens with zero attached hydrogens (tertiary/aromatic N) is 4. The lowest BCUT2D eigenvalue weighted by atomic mass is 10.2. The van der Waals surface area contributed by atoms with E-state index >= 15 is 0 Å². The number of rotatable bonds is 4. The number of ether oxygens (including phenoxy) is 1. The van der Waals surface area contributed by atoms with Gasteiger partial charge in [0.15, 0.2) is 5.69 Å². The van der Waals surface area contributed by atoms with Crippen molar-refractivity contribution in [3.63, 3.8) is 0 Å². The third kappa shape index (κ3) is 2.75. The van der Waals surface area contributed by atoms with Crippen molar-refractivity contribution in [3.8, 4) is 0 Å². The number of carbonyl (C=O) groups is 1. The molecular formula is C11H9ClN4O4. The van der Waals surface area contributed by atoms with Gasteiger partial charge in [-0.15, -0.1) is 5.10 Å². The standard InChI is InChI=1S/C11H9ClN4O4/c1-20-11(17)9-6-15(14-13-9)5-7-8(12)3-2-4-10(7)16(18)19/h2-4,6H,5H2,1H3. The average molecular weight is 297 g/mol. The Hall–Kier alpha value is -2.48. The highest BCUT2D eigenvalue weighted by molar-refractivity contribution is 6.31. The lowest BCUT2D eigenvalue weighted by Crippen LogP contribution is -2.05. The highest BCUT2D eigenvalue weighted by Crippen LogP contribution is 2.26. The molecule has 1 heterocycles. The van der Waals surface area contributed by atoms with Crippen LogP contribution in [0.1, 0.15) is 16.1 Å². The maximum atomic E-state index is 11.2. The van der Waals surface area contributed by atoms with E-state index in [1.165, 1.54) is 30.1 Å². The summed E-state index contributed by atoms with van der Waals surface area (Å²) in [5.41, 5.74) is 0.190. The smallest absolute Gasteiger partial charge is 0.360 e. The van der Waals surface area contributed by atoms with Crippen LogP contribution in [0.5, 0.6) is 0 Å². The number of nitro benzene ring substituents is 1. The summed E-state index contributed by atoms with van der Waals surface area (Å²) in [7, 11) is 1.22. The van der Waals surface area contributed by atoms with Crippen LogP contribution in [0.15, 0.2) is 24.4 Å². The summed E-state index contributed by atoms with van der Waals surface area (Å²) < 4.78 is 5.77. The Kier molecular flexibility index (Phi) is 3.94. The maximum Gasteiger partial charge on any atom is 0.360 e. The Morgan fingerprint density at radius 2 is 2.30 bits per heavy atom. The van der Waals surface area contributed by atoms with Crippen LogP contribution in [-0.2, 0) is 11.3 Å². The third-order valence-corrected chi connectivity index (χ3v) is 2.90. The Labute approximate surface area is 118 Å². The molecular weight excluding hydrogens is 288 g/mol. The zero-order valence-corrected chi connectivity index (χ0v) is 11.1. The molecule has 0 bridgehead atoms. The maximum absolute atomic E-state index is 11.2. The fraction of sp³-hybridized carbons (Fsp3) is 0.182. The molecule has 1 aromatic carbocycles. The van der Waals surface area contributed by atoms with Gasteiger partial charge >= 0.3 is 5.97 Å². The topological polar surface area (TPSA) is 100 Å². The van der Waals surface area contributed by atoms with E-state index in [1.54, 1.807) is 6.07 Å². The van der Waals surface area contributed by atoms with Gasteiger partial charge in [-0.2, -0.15) is 0 Å². The first kappa shape index (κ1) is 13.9. The molecule has 0 atom stereocenters. The van der Waals surface area contributed by atoms with Gasteiger partial charge in [0.25, 0.3) is 5.69 Å². The molecule has 0 saturated heterocycles. The zero-order valence-electron chi connectivity index (χ0n) is 10.3. The van der Waals surface area contributed by atoms with Crippen molar-refractivity contribution in [3.05, 3.63) is 50.8 Å². The Bertz CT molecular complexity index is 670. The number of methoxy groups -OCH3 is 1. The minimum absolute atomic E-state index is 0.0159. The molecule has 0 amide bonds. The second kappa shape index (κ2) is 5.66. The third-order valence-electron chi connectivity index (χ3n) is 2.54. The van der Waals surface area contributed by atoms with Crippen molar-refractivity contribution < 1.29 is 14.5 Å². The number of nitro groups is 1. The summed E-state index contributed by atoms with van der Waals surface area (Å²) in [5.74, 6) is -0.634. The highest BCUT2D eigenvalue weighted by atomic mass is 35.5. The van der Waals surface area contributed by atoms with Gasteiger partial charge in [-0.25, -0.2) is 9.48 Å². The van der Waals surface area contributed by atoms with E-state index < -0.39 is 10.9 Å². The van der Waals surface area contributed by atoms with E-state index in [4.69, 9.17) is 11.6 Å². The summed E-state index contributed by atoms with van der Waals surface area (Å²) in [6.07, 6.45) is 1.33. The normalized spacial score (nSPS) is 10.3. The van der Waals surface area contributed by atoms with Crippen LogP contribution in [0.2, 0.25) is 5.02 Å². The number of carbonyl (C=O) groups excluding carboxylic acids is 1. The monoisotopic (exact) mass is 296 g/mol. The molecule has 9 heteroatoms. The van der Waals surface area contributed by atoms with Crippen molar-refractivity contribution in [2.75, 3.05) is 7.11 Å². The van der Waals surface area contributed by atoms with Crippen LogP contribution >= 0.6 is 11.6 Å². The molecule has 1 aromatic heterocycles. The summed E-state index contributed by atoms with van der Waals surface area (Å²) >= 11 is 5.96. The van der Waals surface area contributed by atoms with Gasteiger partial charge in [0.1, 0.15) is 0 Å². The molecule has 0 fully saturated rings. The zero-order chi connectivity index (χ0) is 14.7. The van der Waals surface area contributed by atoms with Crippen LogP contribution in [-0.4, -0.2) is 33.0 Å². The van der Waals surface area contributed by atoms with Gasteiger partial charge in [-0.05, 0) is 6.07 Å². The molecule has 20 heavy (non-hydrogen) atoms. The lowest BCUT2D eigenvalue weighted by molar-refractivity contribution is -0.385. The van der Waals surface area contributed by atoms with E-state index in [2.05, 4.69) is 15.0 Å². The first-order chi connectivity index (χ1) is 9.52. The molecule has 8 nitrogen and oxygen atoms in total. The molecule has 2 aromatic rings. The fourth-order valence-corrected chi connectivity index (χ4v) is 1.84. The lowest BCUT2D eigenvalue weighted by Gasteiger charge is -2.04. The molecule has 0 radical (unpaired) electrons. The predicted molar refractivity (Wildman–Crippen MR) is 68.6 cm³/mol. The van der Waals surface area contributed by atoms with Crippen LogP contribution in [0.25, 0.3) is 0 Å². The van der Waals surface area contributed by atoms with Crippen molar-refractivity contribution >= 4 is 23.3 Å². The van der Waals surface area contributed by atoms with Crippen molar-refractivity contribution in [1.29, 1.82) is 0 Å². The van der Waals surface area contributed by atoms with Gasteiger partial charge in [-0.1, -0.05) is 22.9 Å². The second-order valence-corrected chi connectivity index (χ2v) is 4.19. The number of esters is 1. The Balaban J connectivity index is 2.33. The van der Waals surface area contributed by atoms with E-state index in [0.717, 1.165) is 0 Å². The van der Waals surface area contributed by atoms with E-state index in [0.29, 0.717) is 5.56 Å². The van der Waals surface area contributed by atoms with Crippen LogP contribution in [0.3, 0.4) is 0 Å². The first-order valence-electron chi connectivity index (χ1n) is 5.43. The molecule has 2 rings (SSSR count). The van der Waals surface area contributed by atoms with Gasteiger partial charge in [-0.3, -0.25) is 10.1 Å². The van der Waals surface area contributed by atoms with E-state index in [9.17, 15) is 14.9 Å². The number of halogens is 1. The largest absolute Gasteiger partial charge is 0.464 e. The second-order valence-electron chi connectivity index (χ2n) is 3.79. The number of hydrogen-bond donors (Lipinski definition) is 0. The van der Waals surface area contributed by atoms with Crippen LogP contribution in [0, 0.1) is 10.1 Å². The summed E-state index contributed by atoms with van der Waals surface area (Å²) in [5, 5.41) is 18.5. The predicted octanol–water partition coefficient (Wildman–Crippen LogP) is 1.67. The molecule has 0 saturated carbocycles. The quantitative estimate of drug-likeness (QED) is 0.483. The molecule has 104 valence electrons. The fourth-order valence-electron chi connectivity index (χ4n) is 1.61. The first-order valence-corrected chi connectivity index (χ1v) is 5.81. The van der Waals surface area contributed by atoms with Gasteiger partial charge < -0.3 is 4.74 Å². The molecule has 0 aliphatic heterocycles. The summed E-state index contributed by atoms with van der Waals surface area (Å²) in [6.45, 7) is 0.0278. The Morgan fingerprint density at radius 1 is 1.55 bits per heavy atom. The van der Waals surface area contributed by atoms with Crippen LogP contribution < -0.4 is 0 Å². The molecule has 0 spiro atoms. The molecule has 0 unspecified atom stereocenters. The van der Waals surface area contributed by atoms with E-state index in [1.807, 2.05) is 0 Å². The van der Waals surface area contributed by atoms with Crippen molar-refractivity contribution in [2.45, 2.75) is 6.54 Å². The van der Waals surface area contributed by atoms with Crippen molar-refractivity contribution in [1.82, 2.24) is 15.0 Å². The van der Waals surface area contributed by atoms with Gasteiger partial charge in [0, 0.05) is 6.07 Å². The summed E-state index contributed by atoms with van der Waals surface area (Å²) in [6, 6.07) is 4.38. The average Bonchev–Trinajstić information content (AvgIpc) is 2.88. The molecule has 0 aliphatic rings. The number of hydrogen-bond acceptors (Lipinski definition) is 6. The molecule has 0 aliphatic carbocycles. The minimum Gasteiger partial charge on any atom is -0.464 e. The number of benzene rings is 1. The van der Waals surface area contributed by atoms with Gasteiger partial charge in [0.05, 0.1) is 35.4 Å². The van der Waals surface area contributed by atoms with E-state index in [-0.39, 0.29) is 22.9 Å². The highest BCUT2D eigenvalue weighted by Gasteiger charge is 2.18. The van der Waals surface area contributed by atoms with Crippen molar-refractivity contribution in [2.24, 2.45) is 0 Å². The van der Waals surface area contributed by atoms with Crippen LogP contribution in [0.4, 0.5) is 5.69 Å². The number of aromatic nitrogens is 3. The Morgan fingerprint density at radius 3 is 2.95 bits per heavy atom. The molecule has 0 N–H and O–H groups in total. The summed E-state index contributed by atoms with van der Waals surface area (Å²) in [4.78, 5) is 21.7. The SMILES string of the molecule is COC(=O)c1cn(Cc2c(Cl)cccc2[N+](=O)[O-])nn1. The minimum atomic E-state index is -0.634.